The molecule has 1 aliphatic heterocycles. The fourth-order valence-electron chi connectivity index (χ4n) is 2.30. The molecule has 0 fully saturated rings. The Morgan fingerprint density at radius 1 is 1.45 bits per heavy atom. The zero-order valence-electron chi connectivity index (χ0n) is 10.9. The molecule has 112 valence electrons. The van der Waals surface area contributed by atoms with Crippen LogP contribution in [0.2, 0.25) is 0 Å². The first kappa shape index (κ1) is 14.6. The molecule has 0 bridgehead atoms. The van der Waals surface area contributed by atoms with Crippen LogP contribution in [0.15, 0.2) is 4.79 Å². The van der Waals surface area contributed by atoms with Crippen LogP contribution in [-0.2, 0) is 24.8 Å². The summed E-state index contributed by atoms with van der Waals surface area (Å²) < 4.78 is 39.0. The van der Waals surface area contributed by atoms with E-state index in [1.807, 2.05) is 0 Å². The average molecular weight is 292 g/mol. The molecule has 0 aliphatic carbocycles. The molecule has 1 atom stereocenters. The van der Waals surface area contributed by atoms with Gasteiger partial charge in [0.1, 0.15) is 12.2 Å². The Labute approximate surface area is 112 Å². The number of hydrogen-bond donors (Lipinski definition) is 1. The number of hydrogen-bond acceptors (Lipinski definition) is 3. The van der Waals surface area contributed by atoms with Crippen molar-refractivity contribution in [3.05, 3.63) is 16.3 Å². The van der Waals surface area contributed by atoms with Crippen LogP contribution >= 0.6 is 0 Å². The molecule has 1 aliphatic rings. The summed E-state index contributed by atoms with van der Waals surface area (Å²) in [6.07, 6.45) is -4.64. The topological polar surface area (TPSA) is 68.9 Å². The van der Waals surface area contributed by atoms with Crippen LogP contribution in [0, 0.1) is 0 Å². The van der Waals surface area contributed by atoms with Crippen molar-refractivity contribution >= 4 is 5.91 Å². The minimum atomic E-state index is -4.50. The van der Waals surface area contributed by atoms with Gasteiger partial charge in [0.2, 0.25) is 5.91 Å². The summed E-state index contributed by atoms with van der Waals surface area (Å²) in [5, 5.41) is 6.42. The van der Waals surface area contributed by atoms with E-state index in [2.05, 4.69) is 10.4 Å². The number of rotatable bonds is 2. The van der Waals surface area contributed by atoms with Gasteiger partial charge in [0, 0.05) is 26.1 Å². The maximum absolute atomic E-state index is 12.1. The molecular weight excluding hydrogens is 277 g/mol. The van der Waals surface area contributed by atoms with Gasteiger partial charge in [-0.2, -0.15) is 18.3 Å². The van der Waals surface area contributed by atoms with Crippen molar-refractivity contribution < 1.29 is 18.0 Å². The van der Waals surface area contributed by atoms with Crippen LogP contribution in [0.3, 0.4) is 0 Å². The van der Waals surface area contributed by atoms with Crippen molar-refractivity contribution in [3.8, 4) is 0 Å². The number of carbonyl (C=O) groups is 1. The number of amides is 1. The molecule has 20 heavy (non-hydrogen) atoms. The first-order valence-electron chi connectivity index (χ1n) is 6.25. The Bertz CT molecular complexity index is 561. The van der Waals surface area contributed by atoms with Gasteiger partial charge in [0.15, 0.2) is 0 Å². The lowest BCUT2D eigenvalue weighted by Crippen LogP contribution is -2.37. The predicted molar refractivity (Wildman–Crippen MR) is 63.0 cm³/mol. The van der Waals surface area contributed by atoms with E-state index in [1.54, 1.807) is 7.05 Å². The summed E-state index contributed by atoms with van der Waals surface area (Å²) in [4.78, 5) is 23.0. The van der Waals surface area contributed by atoms with Crippen molar-refractivity contribution in [1.29, 1.82) is 0 Å². The Kier molecular flexibility index (Phi) is 3.87. The van der Waals surface area contributed by atoms with Gasteiger partial charge in [-0.05, 0) is 12.8 Å². The lowest BCUT2D eigenvalue weighted by atomic mass is 10.1. The number of halogens is 3. The van der Waals surface area contributed by atoms with Gasteiger partial charge in [0.25, 0.3) is 0 Å². The molecule has 0 aromatic carbocycles. The molecule has 0 radical (unpaired) electrons. The number of nitrogens with one attached hydrogen (secondary N) is 1. The fraction of sp³-hybridized carbons (Fsp3) is 0.727. The summed E-state index contributed by atoms with van der Waals surface area (Å²) >= 11 is 0. The molecule has 6 nitrogen and oxygen atoms in total. The number of aryl methyl sites for hydroxylation is 2. The lowest BCUT2D eigenvalue weighted by Gasteiger charge is -2.16. The second-order valence-electron chi connectivity index (χ2n) is 4.86. The van der Waals surface area contributed by atoms with Gasteiger partial charge in [-0.25, -0.2) is 9.48 Å². The van der Waals surface area contributed by atoms with E-state index >= 15 is 0 Å². The van der Waals surface area contributed by atoms with Crippen LogP contribution in [-0.4, -0.2) is 32.5 Å². The minimum absolute atomic E-state index is 0.248. The number of aromatic nitrogens is 3. The number of alkyl halides is 3. The molecule has 0 spiro atoms. The number of nitrogens with zero attached hydrogens (tertiary/aromatic N) is 3. The van der Waals surface area contributed by atoms with E-state index in [0.29, 0.717) is 31.6 Å². The van der Waals surface area contributed by atoms with Crippen molar-refractivity contribution in [2.24, 2.45) is 7.05 Å². The molecule has 1 aromatic rings. The third-order valence-electron chi connectivity index (χ3n) is 3.23. The molecule has 9 heteroatoms. The van der Waals surface area contributed by atoms with Gasteiger partial charge in [-0.1, -0.05) is 0 Å². The summed E-state index contributed by atoms with van der Waals surface area (Å²) in [5.74, 6) is -0.431. The standard InChI is InChI=1S/C11H15F3N4O2/c1-17-10(20)18-5-4-7(2-3-8(18)16-17)15-9(19)6-11(12,13)14/h7H,2-6H2,1H3,(H,15,19). The van der Waals surface area contributed by atoms with Gasteiger partial charge < -0.3 is 5.32 Å². The number of fused-ring (bicyclic) bond motifs is 1. The molecule has 2 heterocycles. The lowest BCUT2D eigenvalue weighted by molar-refractivity contribution is -0.154. The molecule has 1 aromatic heterocycles. The highest BCUT2D eigenvalue weighted by Crippen LogP contribution is 2.20. The summed E-state index contributed by atoms with van der Waals surface area (Å²) in [6, 6.07) is -0.365. The molecule has 1 N–H and O–H groups in total. The second kappa shape index (κ2) is 5.29. The molecule has 0 saturated carbocycles. The van der Waals surface area contributed by atoms with Gasteiger partial charge in [0.05, 0.1) is 0 Å². The smallest absolute Gasteiger partial charge is 0.353 e. The Morgan fingerprint density at radius 3 is 2.80 bits per heavy atom. The minimum Gasteiger partial charge on any atom is -0.353 e. The van der Waals surface area contributed by atoms with Crippen molar-refractivity contribution in [2.75, 3.05) is 0 Å². The first-order chi connectivity index (χ1) is 9.26. The quantitative estimate of drug-likeness (QED) is 0.855. The first-order valence-corrected chi connectivity index (χ1v) is 6.25. The maximum Gasteiger partial charge on any atom is 0.397 e. The Balaban J connectivity index is 1.96. The van der Waals surface area contributed by atoms with Crippen LogP contribution in [0.1, 0.15) is 25.1 Å². The molecule has 1 unspecified atom stereocenters. The van der Waals surface area contributed by atoms with E-state index in [-0.39, 0.29) is 11.7 Å². The fourth-order valence-corrected chi connectivity index (χ4v) is 2.30. The largest absolute Gasteiger partial charge is 0.397 e. The maximum atomic E-state index is 12.1. The molecule has 2 rings (SSSR count). The van der Waals surface area contributed by atoms with Crippen molar-refractivity contribution in [1.82, 2.24) is 19.7 Å². The van der Waals surface area contributed by atoms with Crippen molar-refractivity contribution in [3.63, 3.8) is 0 Å². The van der Waals surface area contributed by atoms with E-state index in [9.17, 15) is 22.8 Å². The predicted octanol–water partition coefficient (Wildman–Crippen LogP) is 0.355. The van der Waals surface area contributed by atoms with Gasteiger partial charge in [-0.15, -0.1) is 0 Å². The van der Waals surface area contributed by atoms with Crippen LogP contribution in [0.4, 0.5) is 13.2 Å². The third kappa shape index (κ3) is 3.40. The summed E-state index contributed by atoms with van der Waals surface area (Å²) in [5.41, 5.74) is -0.248. The summed E-state index contributed by atoms with van der Waals surface area (Å²) in [7, 11) is 1.55. The third-order valence-corrected chi connectivity index (χ3v) is 3.23. The average Bonchev–Trinajstić information content (AvgIpc) is 2.47. The van der Waals surface area contributed by atoms with E-state index in [0.717, 1.165) is 0 Å². The Morgan fingerprint density at radius 2 is 2.15 bits per heavy atom. The van der Waals surface area contributed by atoms with E-state index < -0.39 is 18.5 Å². The van der Waals surface area contributed by atoms with Gasteiger partial charge in [-0.3, -0.25) is 9.36 Å². The normalized spacial score (nSPS) is 19.3. The van der Waals surface area contributed by atoms with Gasteiger partial charge >= 0.3 is 11.9 Å². The molecule has 1 amide bonds. The highest BCUT2D eigenvalue weighted by Gasteiger charge is 2.32. The number of carbonyl (C=O) groups excluding carboxylic acids is 1. The summed E-state index contributed by atoms with van der Waals surface area (Å²) in [6.45, 7) is 0.346. The monoisotopic (exact) mass is 292 g/mol. The zero-order chi connectivity index (χ0) is 14.9. The molecule has 0 saturated heterocycles. The van der Waals surface area contributed by atoms with Crippen LogP contribution in [0.5, 0.6) is 0 Å². The van der Waals surface area contributed by atoms with E-state index in [4.69, 9.17) is 0 Å². The highest BCUT2D eigenvalue weighted by atomic mass is 19.4. The van der Waals surface area contributed by atoms with Crippen LogP contribution in [0.25, 0.3) is 0 Å². The van der Waals surface area contributed by atoms with Crippen molar-refractivity contribution in [2.45, 2.75) is 44.4 Å². The zero-order valence-corrected chi connectivity index (χ0v) is 10.9. The van der Waals surface area contributed by atoms with E-state index in [1.165, 1.54) is 9.25 Å². The van der Waals surface area contributed by atoms with Crippen LogP contribution < -0.4 is 11.0 Å². The Hall–Kier alpha value is -1.80. The SMILES string of the molecule is Cn1nc2n(c1=O)CCC(NC(=O)CC(F)(F)F)CC2. The molecular formula is C11H15F3N4O2. The second-order valence-corrected chi connectivity index (χ2v) is 4.86. The highest BCUT2D eigenvalue weighted by molar-refractivity contribution is 5.76.